The zero-order chi connectivity index (χ0) is 15.9. The summed E-state index contributed by atoms with van der Waals surface area (Å²) in [6.07, 6.45) is 0. The number of hydrogen-bond acceptors (Lipinski definition) is 4. The fraction of sp³-hybridized carbons (Fsp3) is 0.273. The highest BCUT2D eigenvalue weighted by molar-refractivity contribution is 7.89. The second-order valence-electron chi connectivity index (χ2n) is 4.56. The molecule has 21 heavy (non-hydrogen) atoms. The third-order valence-electron chi connectivity index (χ3n) is 2.67. The van der Waals surface area contributed by atoms with Crippen LogP contribution in [0.5, 0.6) is 0 Å². The van der Waals surface area contributed by atoms with Gasteiger partial charge in [0, 0.05) is 18.2 Å². The van der Waals surface area contributed by atoms with Crippen LogP contribution in [0, 0.1) is 17.5 Å². The number of hydrogen-bond donors (Lipinski definition) is 1. The molecule has 2 rings (SSSR count). The smallest absolute Gasteiger partial charge is 0.273 e. The summed E-state index contributed by atoms with van der Waals surface area (Å²) in [6.45, 7) is 3.11. The van der Waals surface area contributed by atoms with E-state index >= 15 is 0 Å². The summed E-state index contributed by atoms with van der Waals surface area (Å²) >= 11 is 0. The molecule has 0 saturated heterocycles. The lowest BCUT2D eigenvalue weighted by Crippen LogP contribution is -2.20. The summed E-state index contributed by atoms with van der Waals surface area (Å²) in [5, 5.41) is 11.2. The predicted molar refractivity (Wildman–Crippen MR) is 67.1 cm³/mol. The van der Waals surface area contributed by atoms with E-state index in [0.717, 1.165) is 4.57 Å². The van der Waals surface area contributed by atoms with Crippen molar-refractivity contribution >= 4 is 10.0 Å². The molecule has 0 aliphatic rings. The van der Waals surface area contributed by atoms with E-state index in [4.69, 9.17) is 5.14 Å². The van der Waals surface area contributed by atoms with Crippen molar-refractivity contribution in [3.8, 4) is 11.4 Å². The van der Waals surface area contributed by atoms with Gasteiger partial charge in [-0.2, -0.15) is 0 Å². The zero-order valence-corrected chi connectivity index (χ0v) is 11.8. The maximum atomic E-state index is 13.8. The molecule has 0 saturated carbocycles. The lowest BCUT2D eigenvalue weighted by molar-refractivity contribution is 0.515. The molecule has 0 spiro atoms. The Labute approximate surface area is 118 Å². The second-order valence-corrected chi connectivity index (χ2v) is 6.01. The molecule has 0 amide bonds. The van der Waals surface area contributed by atoms with Crippen molar-refractivity contribution in [3.63, 3.8) is 0 Å². The highest BCUT2D eigenvalue weighted by Crippen LogP contribution is 2.29. The molecule has 2 N–H and O–H groups in total. The van der Waals surface area contributed by atoms with Gasteiger partial charge in [-0.1, -0.05) is 0 Å². The molecule has 2 aromatic rings. The van der Waals surface area contributed by atoms with Crippen LogP contribution < -0.4 is 5.14 Å². The Morgan fingerprint density at radius 3 is 2.10 bits per heavy atom. The van der Waals surface area contributed by atoms with Gasteiger partial charge in [-0.05, 0) is 13.8 Å². The van der Waals surface area contributed by atoms with Gasteiger partial charge in [0.25, 0.3) is 15.2 Å². The summed E-state index contributed by atoms with van der Waals surface area (Å²) < 4.78 is 64.4. The van der Waals surface area contributed by atoms with E-state index in [2.05, 4.69) is 10.2 Å². The highest BCUT2D eigenvalue weighted by atomic mass is 32.2. The molecule has 10 heteroatoms. The van der Waals surface area contributed by atoms with Crippen molar-refractivity contribution < 1.29 is 21.6 Å². The second kappa shape index (κ2) is 5.11. The van der Waals surface area contributed by atoms with Crippen molar-refractivity contribution in [3.05, 3.63) is 29.6 Å². The molecular weight excluding hydrogens is 309 g/mol. The Morgan fingerprint density at radius 2 is 1.67 bits per heavy atom. The quantitative estimate of drug-likeness (QED) is 0.930. The van der Waals surface area contributed by atoms with Crippen LogP contribution in [0.2, 0.25) is 0 Å². The van der Waals surface area contributed by atoms with E-state index in [0.29, 0.717) is 12.1 Å². The maximum Gasteiger partial charge on any atom is 0.273 e. The Hall–Kier alpha value is -1.94. The zero-order valence-electron chi connectivity index (χ0n) is 11.0. The predicted octanol–water partition coefficient (Wildman–Crippen LogP) is 1.59. The van der Waals surface area contributed by atoms with Crippen LogP contribution in [0.15, 0.2) is 17.3 Å². The summed E-state index contributed by atoms with van der Waals surface area (Å²) in [4.78, 5) is 0. The van der Waals surface area contributed by atoms with Crippen LogP contribution in [0.25, 0.3) is 11.4 Å². The van der Waals surface area contributed by atoms with Crippen LogP contribution in [-0.4, -0.2) is 23.2 Å². The minimum absolute atomic E-state index is 0.385. The molecule has 0 aliphatic carbocycles. The van der Waals surface area contributed by atoms with Crippen LogP contribution in [-0.2, 0) is 10.0 Å². The van der Waals surface area contributed by atoms with Crippen molar-refractivity contribution in [2.45, 2.75) is 25.0 Å². The largest absolute Gasteiger partial charge is 0.294 e. The van der Waals surface area contributed by atoms with Crippen molar-refractivity contribution in [2.75, 3.05) is 0 Å². The van der Waals surface area contributed by atoms with E-state index in [9.17, 15) is 21.6 Å². The average molecular weight is 320 g/mol. The minimum Gasteiger partial charge on any atom is -0.294 e. The van der Waals surface area contributed by atoms with Crippen molar-refractivity contribution in [2.24, 2.45) is 5.14 Å². The monoisotopic (exact) mass is 320 g/mol. The number of benzene rings is 1. The first-order valence-electron chi connectivity index (χ1n) is 5.75. The van der Waals surface area contributed by atoms with Crippen LogP contribution in [0.1, 0.15) is 19.9 Å². The molecule has 0 fully saturated rings. The summed E-state index contributed by atoms with van der Waals surface area (Å²) in [5.74, 6) is -3.93. The molecule has 0 radical (unpaired) electrons. The topological polar surface area (TPSA) is 90.9 Å². The first kappa shape index (κ1) is 15.4. The Bertz CT molecular complexity index is 779. The molecular formula is C11H11F3N4O2S. The van der Waals surface area contributed by atoms with Gasteiger partial charge in [0.2, 0.25) is 0 Å². The number of nitrogens with zero attached hydrogens (tertiary/aromatic N) is 3. The van der Waals surface area contributed by atoms with E-state index in [-0.39, 0.29) is 5.82 Å². The summed E-state index contributed by atoms with van der Waals surface area (Å²) in [7, 11) is -4.23. The highest BCUT2D eigenvalue weighted by Gasteiger charge is 2.27. The van der Waals surface area contributed by atoms with Gasteiger partial charge in [0.15, 0.2) is 5.82 Å². The van der Waals surface area contributed by atoms with Gasteiger partial charge >= 0.3 is 0 Å². The van der Waals surface area contributed by atoms with E-state index < -0.39 is 44.2 Å². The van der Waals surface area contributed by atoms with E-state index in [1.165, 1.54) is 0 Å². The minimum atomic E-state index is -4.23. The fourth-order valence-corrected chi connectivity index (χ4v) is 2.59. The molecule has 0 aliphatic heterocycles. The Morgan fingerprint density at radius 1 is 1.14 bits per heavy atom. The number of rotatable bonds is 3. The maximum absolute atomic E-state index is 13.8. The number of sulfonamides is 1. The lowest BCUT2D eigenvalue weighted by atomic mass is 10.1. The van der Waals surface area contributed by atoms with Gasteiger partial charge in [0.05, 0.1) is 5.56 Å². The lowest BCUT2D eigenvalue weighted by Gasteiger charge is -2.13. The summed E-state index contributed by atoms with van der Waals surface area (Å²) in [5.41, 5.74) is -0.674. The number of nitrogens with two attached hydrogens (primary N) is 1. The number of halogens is 3. The van der Waals surface area contributed by atoms with Gasteiger partial charge < -0.3 is 0 Å². The molecule has 0 unspecified atom stereocenters. The number of primary sulfonamides is 1. The average Bonchev–Trinajstić information content (AvgIpc) is 2.71. The number of aromatic nitrogens is 3. The van der Waals surface area contributed by atoms with Gasteiger partial charge in [-0.25, -0.2) is 26.7 Å². The molecule has 0 bridgehead atoms. The standard InChI is InChI=1S/C11H11F3N4O2S/c1-5(2)18-10(16-17-11(18)21(15,19)20)9-7(13)3-6(12)4-8(9)14/h3-5H,1-2H3,(H2,15,19,20). The van der Waals surface area contributed by atoms with E-state index in [1.54, 1.807) is 13.8 Å². The molecule has 1 heterocycles. The summed E-state index contributed by atoms with van der Waals surface area (Å²) in [6, 6.07) is 0.384. The molecule has 6 nitrogen and oxygen atoms in total. The Balaban J connectivity index is 2.81. The fourth-order valence-electron chi connectivity index (χ4n) is 1.86. The van der Waals surface area contributed by atoms with Crippen molar-refractivity contribution in [1.29, 1.82) is 0 Å². The molecule has 0 atom stereocenters. The first-order chi connectivity index (χ1) is 9.62. The van der Waals surface area contributed by atoms with Crippen molar-refractivity contribution in [1.82, 2.24) is 14.8 Å². The molecule has 1 aromatic carbocycles. The molecule has 114 valence electrons. The van der Waals surface area contributed by atoms with Gasteiger partial charge in [0.1, 0.15) is 17.5 Å². The van der Waals surface area contributed by atoms with Gasteiger partial charge in [-0.3, -0.25) is 4.57 Å². The molecule has 1 aromatic heterocycles. The van der Waals surface area contributed by atoms with Crippen LogP contribution in [0.3, 0.4) is 0 Å². The SMILES string of the molecule is CC(C)n1c(-c2c(F)cc(F)cc2F)nnc1S(N)(=O)=O. The third-order valence-corrected chi connectivity index (χ3v) is 3.45. The third kappa shape index (κ3) is 2.76. The normalized spacial score (nSPS) is 12.1. The first-order valence-corrected chi connectivity index (χ1v) is 7.30. The Kier molecular flexibility index (Phi) is 3.76. The van der Waals surface area contributed by atoms with E-state index in [1.807, 2.05) is 0 Å². The van der Waals surface area contributed by atoms with Crippen LogP contribution >= 0.6 is 0 Å². The van der Waals surface area contributed by atoms with Crippen LogP contribution in [0.4, 0.5) is 13.2 Å². The van der Waals surface area contributed by atoms with Gasteiger partial charge in [-0.15, -0.1) is 10.2 Å².